The van der Waals surface area contributed by atoms with Gasteiger partial charge in [0.15, 0.2) is 0 Å². The molecule has 110 valence electrons. The van der Waals surface area contributed by atoms with Crippen LogP contribution in [0, 0.1) is 5.41 Å². The van der Waals surface area contributed by atoms with Crippen LogP contribution in [0.5, 0.6) is 0 Å². The Labute approximate surface area is 116 Å². The average molecular weight is 268 g/mol. The number of likely N-dealkylation sites (N-methyl/N-ethyl adjacent to an activating group) is 1. The molecule has 2 aliphatic rings. The molecule has 2 saturated carbocycles. The van der Waals surface area contributed by atoms with Gasteiger partial charge < -0.3 is 15.0 Å². The van der Waals surface area contributed by atoms with Crippen molar-refractivity contribution in [3.8, 4) is 0 Å². The monoisotopic (exact) mass is 268 g/mol. The van der Waals surface area contributed by atoms with Crippen LogP contribution in [0.4, 0.5) is 0 Å². The molecule has 2 atom stereocenters. The van der Waals surface area contributed by atoms with Crippen molar-refractivity contribution in [2.45, 2.75) is 64.1 Å². The first-order valence-electron chi connectivity index (χ1n) is 7.60. The lowest BCUT2D eigenvalue weighted by molar-refractivity contribution is -0.169. The van der Waals surface area contributed by atoms with Gasteiger partial charge in [-0.15, -0.1) is 0 Å². The molecular weight excluding hydrogens is 240 g/mol. The molecule has 19 heavy (non-hydrogen) atoms. The smallest absolute Gasteiger partial charge is 0.236 e. The van der Waals surface area contributed by atoms with Crippen molar-refractivity contribution in [1.29, 1.82) is 0 Å². The molecule has 0 unspecified atom stereocenters. The highest BCUT2D eigenvalue weighted by Gasteiger charge is 2.55. The Morgan fingerprint density at radius 2 is 2.00 bits per heavy atom. The van der Waals surface area contributed by atoms with E-state index in [4.69, 9.17) is 4.74 Å². The maximum Gasteiger partial charge on any atom is 0.236 e. The van der Waals surface area contributed by atoms with Gasteiger partial charge in [-0.2, -0.15) is 0 Å². The number of amides is 1. The van der Waals surface area contributed by atoms with E-state index in [9.17, 15) is 4.79 Å². The zero-order valence-electron chi connectivity index (χ0n) is 12.7. The molecular formula is C15H28N2O2. The van der Waals surface area contributed by atoms with E-state index in [0.29, 0.717) is 24.7 Å². The third-order valence-corrected chi connectivity index (χ3v) is 5.32. The van der Waals surface area contributed by atoms with Gasteiger partial charge in [0, 0.05) is 31.7 Å². The first-order chi connectivity index (χ1) is 9.08. The lowest BCUT2D eigenvalue weighted by atomic mass is 9.58. The SMILES string of the molecule is CCC1(CC)[C@@H](N(C)C(=O)CNC2CC2)C[C@H]1OC. The van der Waals surface area contributed by atoms with Crippen LogP contribution in [0.25, 0.3) is 0 Å². The highest BCUT2D eigenvalue weighted by atomic mass is 16.5. The van der Waals surface area contributed by atoms with Gasteiger partial charge in [-0.05, 0) is 32.1 Å². The van der Waals surface area contributed by atoms with Gasteiger partial charge in [-0.1, -0.05) is 13.8 Å². The fraction of sp³-hybridized carbons (Fsp3) is 0.933. The molecule has 2 fully saturated rings. The largest absolute Gasteiger partial charge is 0.381 e. The normalized spacial score (nSPS) is 28.8. The molecule has 0 aliphatic heterocycles. The van der Waals surface area contributed by atoms with E-state index in [-0.39, 0.29) is 11.3 Å². The van der Waals surface area contributed by atoms with Crippen LogP contribution in [0.15, 0.2) is 0 Å². The van der Waals surface area contributed by atoms with Crippen LogP contribution < -0.4 is 5.32 Å². The van der Waals surface area contributed by atoms with Crippen molar-refractivity contribution in [3.05, 3.63) is 0 Å². The Bertz CT molecular complexity index is 324. The molecule has 0 radical (unpaired) electrons. The van der Waals surface area contributed by atoms with Gasteiger partial charge in [0.2, 0.25) is 5.91 Å². The zero-order valence-corrected chi connectivity index (χ0v) is 12.7. The second-order valence-electron chi connectivity index (χ2n) is 6.08. The average Bonchev–Trinajstić information content (AvgIpc) is 3.21. The third kappa shape index (κ3) is 2.65. The number of carbonyl (C=O) groups excluding carboxylic acids is 1. The van der Waals surface area contributed by atoms with Crippen LogP contribution >= 0.6 is 0 Å². The van der Waals surface area contributed by atoms with Crippen LogP contribution in [-0.4, -0.2) is 49.7 Å². The molecule has 0 aromatic rings. The standard InChI is InChI=1S/C15H28N2O2/c1-5-15(6-2)12(9-13(15)19-4)17(3)14(18)10-16-11-7-8-11/h11-13,16H,5-10H2,1-4H3/t12-,13+/m0/s1. The minimum atomic E-state index is 0.152. The molecule has 1 N–H and O–H groups in total. The lowest BCUT2D eigenvalue weighted by Gasteiger charge is -2.57. The Morgan fingerprint density at radius 1 is 1.37 bits per heavy atom. The van der Waals surface area contributed by atoms with Gasteiger partial charge in [0.1, 0.15) is 0 Å². The quantitative estimate of drug-likeness (QED) is 0.765. The first kappa shape index (κ1) is 14.8. The lowest BCUT2D eigenvalue weighted by Crippen LogP contribution is -2.65. The number of nitrogens with zero attached hydrogens (tertiary/aromatic N) is 1. The molecule has 0 aromatic heterocycles. The van der Waals surface area contributed by atoms with E-state index < -0.39 is 0 Å². The number of methoxy groups -OCH3 is 1. The number of hydrogen-bond donors (Lipinski definition) is 1. The zero-order chi connectivity index (χ0) is 14.0. The summed E-state index contributed by atoms with van der Waals surface area (Å²) in [5, 5.41) is 3.31. The van der Waals surface area contributed by atoms with E-state index in [0.717, 1.165) is 19.3 Å². The summed E-state index contributed by atoms with van der Waals surface area (Å²) in [5.41, 5.74) is 0.152. The second-order valence-corrected chi connectivity index (χ2v) is 6.08. The fourth-order valence-corrected chi connectivity index (χ4v) is 3.60. The summed E-state index contributed by atoms with van der Waals surface area (Å²) in [4.78, 5) is 14.2. The van der Waals surface area contributed by atoms with Crippen molar-refractivity contribution in [2.24, 2.45) is 5.41 Å². The van der Waals surface area contributed by atoms with E-state index in [1.807, 2.05) is 11.9 Å². The summed E-state index contributed by atoms with van der Waals surface area (Å²) < 4.78 is 5.60. The van der Waals surface area contributed by atoms with Crippen molar-refractivity contribution in [3.63, 3.8) is 0 Å². The molecule has 0 aromatic carbocycles. The molecule has 0 spiro atoms. The first-order valence-corrected chi connectivity index (χ1v) is 7.60. The second kappa shape index (κ2) is 5.80. The van der Waals surface area contributed by atoms with Crippen molar-refractivity contribution in [2.75, 3.05) is 20.7 Å². The van der Waals surface area contributed by atoms with Crippen molar-refractivity contribution >= 4 is 5.91 Å². The molecule has 4 nitrogen and oxygen atoms in total. The Morgan fingerprint density at radius 3 is 2.47 bits per heavy atom. The van der Waals surface area contributed by atoms with Crippen molar-refractivity contribution in [1.82, 2.24) is 10.2 Å². The molecule has 0 heterocycles. The summed E-state index contributed by atoms with van der Waals surface area (Å²) in [5.74, 6) is 0.220. The van der Waals surface area contributed by atoms with Crippen LogP contribution in [-0.2, 0) is 9.53 Å². The summed E-state index contributed by atoms with van der Waals surface area (Å²) in [6.45, 7) is 4.91. The van der Waals surface area contributed by atoms with Gasteiger partial charge in [-0.25, -0.2) is 0 Å². The minimum absolute atomic E-state index is 0.152. The Kier molecular flexibility index (Phi) is 4.51. The van der Waals surface area contributed by atoms with Gasteiger partial charge in [-0.3, -0.25) is 4.79 Å². The maximum absolute atomic E-state index is 12.2. The summed E-state index contributed by atoms with van der Waals surface area (Å²) >= 11 is 0. The molecule has 2 aliphatic carbocycles. The highest BCUT2D eigenvalue weighted by Crippen LogP contribution is 2.50. The molecule has 4 heteroatoms. The Hall–Kier alpha value is -0.610. The molecule has 2 rings (SSSR count). The van der Waals surface area contributed by atoms with Crippen LogP contribution in [0.1, 0.15) is 46.0 Å². The van der Waals surface area contributed by atoms with E-state index in [1.54, 1.807) is 7.11 Å². The van der Waals surface area contributed by atoms with E-state index >= 15 is 0 Å². The number of carbonyl (C=O) groups is 1. The number of nitrogens with one attached hydrogen (secondary N) is 1. The van der Waals surface area contributed by atoms with E-state index in [2.05, 4.69) is 19.2 Å². The summed E-state index contributed by atoms with van der Waals surface area (Å²) in [7, 11) is 3.74. The van der Waals surface area contributed by atoms with Crippen LogP contribution in [0.3, 0.4) is 0 Å². The van der Waals surface area contributed by atoms with E-state index in [1.165, 1.54) is 12.8 Å². The fourth-order valence-electron chi connectivity index (χ4n) is 3.60. The number of ether oxygens (including phenoxy) is 1. The predicted octanol–water partition coefficient (Wildman–Crippen LogP) is 1.79. The third-order valence-electron chi connectivity index (χ3n) is 5.32. The summed E-state index contributed by atoms with van der Waals surface area (Å²) in [6, 6.07) is 0.925. The molecule has 1 amide bonds. The van der Waals surface area contributed by atoms with Gasteiger partial charge in [0.25, 0.3) is 0 Å². The number of hydrogen-bond acceptors (Lipinski definition) is 3. The molecule has 0 saturated heterocycles. The van der Waals surface area contributed by atoms with Crippen molar-refractivity contribution < 1.29 is 9.53 Å². The highest BCUT2D eigenvalue weighted by molar-refractivity contribution is 5.78. The number of rotatable bonds is 7. The predicted molar refractivity (Wildman–Crippen MR) is 76.0 cm³/mol. The van der Waals surface area contributed by atoms with Gasteiger partial charge >= 0.3 is 0 Å². The maximum atomic E-state index is 12.2. The topological polar surface area (TPSA) is 41.6 Å². The molecule has 0 bridgehead atoms. The van der Waals surface area contributed by atoms with Gasteiger partial charge in [0.05, 0.1) is 12.6 Å². The summed E-state index contributed by atoms with van der Waals surface area (Å²) in [6.07, 6.45) is 5.86. The minimum Gasteiger partial charge on any atom is -0.381 e. The van der Waals surface area contributed by atoms with Crippen LogP contribution in [0.2, 0.25) is 0 Å². The Balaban J connectivity index is 1.93.